The molecule has 0 unspecified atom stereocenters. The summed E-state index contributed by atoms with van der Waals surface area (Å²) in [5.74, 6) is -0.828. The number of carbonyl (C=O) groups is 2. The lowest BCUT2D eigenvalue weighted by atomic mass is 9.86. The van der Waals surface area contributed by atoms with Gasteiger partial charge in [0.1, 0.15) is 0 Å². The first kappa shape index (κ1) is 21.5. The smallest absolute Gasteiger partial charge is 0.314 e. The number of esters is 1. The predicted molar refractivity (Wildman–Crippen MR) is 111 cm³/mol. The summed E-state index contributed by atoms with van der Waals surface area (Å²) < 4.78 is 5.33. The molecule has 2 aromatic carbocycles. The van der Waals surface area contributed by atoms with Crippen molar-refractivity contribution in [1.29, 1.82) is 5.26 Å². The van der Waals surface area contributed by atoms with Crippen molar-refractivity contribution < 1.29 is 14.3 Å². The molecule has 0 fully saturated rings. The van der Waals surface area contributed by atoms with Gasteiger partial charge in [0.15, 0.2) is 6.61 Å². The number of nitriles is 1. The Labute approximate surface area is 170 Å². The van der Waals surface area contributed by atoms with Gasteiger partial charge in [-0.05, 0) is 23.6 Å². The number of anilines is 1. The molecule has 0 saturated heterocycles. The zero-order valence-corrected chi connectivity index (χ0v) is 16.9. The van der Waals surface area contributed by atoms with E-state index in [-0.39, 0.29) is 18.3 Å². The number of rotatable bonds is 9. The van der Waals surface area contributed by atoms with E-state index in [0.29, 0.717) is 5.69 Å². The van der Waals surface area contributed by atoms with E-state index in [4.69, 9.17) is 10.00 Å². The van der Waals surface area contributed by atoms with Crippen molar-refractivity contribution in [2.45, 2.75) is 31.1 Å². The second-order valence-corrected chi connectivity index (χ2v) is 7.39. The molecule has 1 N–H and O–H groups in total. The standard InChI is InChI=1S/C22H24N2O3S/c1-3-16(2)21(17-9-5-4-6-10-17)22(26)27-15-20(25)24-18-11-7-8-12-19(18)28-14-13-23/h4-12,16,21H,3,14-15H2,1-2H3,(H,24,25)/t16-,21-/m0/s1. The van der Waals surface area contributed by atoms with Crippen LogP contribution in [0.2, 0.25) is 0 Å². The van der Waals surface area contributed by atoms with Crippen LogP contribution in [0.5, 0.6) is 0 Å². The fraction of sp³-hybridized carbons (Fsp3) is 0.318. The van der Waals surface area contributed by atoms with Gasteiger partial charge in [-0.1, -0.05) is 62.7 Å². The fourth-order valence-corrected chi connectivity index (χ4v) is 3.48. The van der Waals surface area contributed by atoms with Crippen molar-refractivity contribution in [1.82, 2.24) is 0 Å². The first-order valence-corrected chi connectivity index (χ1v) is 10.2. The van der Waals surface area contributed by atoms with Gasteiger partial charge in [-0.2, -0.15) is 5.26 Å². The van der Waals surface area contributed by atoms with Crippen LogP contribution in [-0.2, 0) is 14.3 Å². The maximum Gasteiger partial charge on any atom is 0.314 e. The molecule has 0 radical (unpaired) electrons. The SMILES string of the molecule is CC[C@H](C)[C@H](C(=O)OCC(=O)Nc1ccccc1SCC#N)c1ccccc1. The van der Waals surface area contributed by atoms with Crippen LogP contribution in [0.25, 0.3) is 0 Å². The number of nitrogens with one attached hydrogen (secondary N) is 1. The molecule has 146 valence electrons. The molecule has 5 nitrogen and oxygen atoms in total. The maximum absolute atomic E-state index is 12.7. The minimum atomic E-state index is -0.408. The average Bonchev–Trinajstić information content (AvgIpc) is 2.72. The quantitative estimate of drug-likeness (QED) is 0.494. The Kier molecular flexibility index (Phi) is 8.57. The van der Waals surface area contributed by atoms with E-state index < -0.39 is 17.8 Å². The van der Waals surface area contributed by atoms with Gasteiger partial charge in [0.2, 0.25) is 0 Å². The number of carbonyl (C=O) groups excluding carboxylic acids is 2. The van der Waals surface area contributed by atoms with E-state index in [0.717, 1.165) is 16.9 Å². The van der Waals surface area contributed by atoms with E-state index >= 15 is 0 Å². The molecule has 0 saturated carbocycles. The van der Waals surface area contributed by atoms with Crippen molar-refractivity contribution in [3.63, 3.8) is 0 Å². The van der Waals surface area contributed by atoms with Gasteiger partial charge in [-0.3, -0.25) is 9.59 Å². The normalized spacial score (nSPS) is 12.5. The van der Waals surface area contributed by atoms with Crippen LogP contribution in [0.15, 0.2) is 59.5 Å². The molecule has 2 rings (SSSR count). The van der Waals surface area contributed by atoms with Crippen molar-refractivity contribution in [2.75, 3.05) is 17.7 Å². The Morgan fingerprint density at radius 3 is 2.50 bits per heavy atom. The lowest BCUT2D eigenvalue weighted by Crippen LogP contribution is -2.27. The van der Waals surface area contributed by atoms with E-state index in [9.17, 15) is 9.59 Å². The zero-order valence-electron chi connectivity index (χ0n) is 16.1. The van der Waals surface area contributed by atoms with Crippen LogP contribution in [0.1, 0.15) is 31.7 Å². The summed E-state index contributed by atoms with van der Waals surface area (Å²) in [7, 11) is 0. The topological polar surface area (TPSA) is 79.2 Å². The van der Waals surface area contributed by atoms with Gasteiger partial charge in [-0.15, -0.1) is 11.8 Å². The van der Waals surface area contributed by atoms with E-state index in [1.807, 2.05) is 56.3 Å². The second kappa shape index (κ2) is 11.2. The third-order valence-corrected chi connectivity index (χ3v) is 5.36. The lowest BCUT2D eigenvalue weighted by molar-refractivity contribution is -0.150. The largest absolute Gasteiger partial charge is 0.455 e. The molecule has 1 amide bonds. The number of hydrogen-bond acceptors (Lipinski definition) is 5. The monoisotopic (exact) mass is 396 g/mol. The lowest BCUT2D eigenvalue weighted by Gasteiger charge is -2.21. The highest BCUT2D eigenvalue weighted by Crippen LogP contribution is 2.29. The summed E-state index contributed by atoms with van der Waals surface area (Å²) in [5.41, 5.74) is 1.49. The van der Waals surface area contributed by atoms with E-state index in [1.54, 1.807) is 12.1 Å². The first-order chi connectivity index (χ1) is 13.6. The minimum absolute atomic E-state index is 0.0982. The number of amides is 1. The molecule has 0 heterocycles. The van der Waals surface area contributed by atoms with Crippen LogP contribution in [0, 0.1) is 17.2 Å². The molecule has 0 spiro atoms. The molecule has 0 aliphatic rings. The predicted octanol–water partition coefficient (Wildman–Crippen LogP) is 4.61. The van der Waals surface area contributed by atoms with Gasteiger partial charge >= 0.3 is 5.97 Å². The number of thioether (sulfide) groups is 1. The van der Waals surface area contributed by atoms with Crippen LogP contribution in [0.4, 0.5) is 5.69 Å². The van der Waals surface area contributed by atoms with Crippen LogP contribution in [-0.4, -0.2) is 24.2 Å². The molecule has 0 aromatic heterocycles. The second-order valence-electron chi connectivity index (χ2n) is 6.37. The van der Waals surface area contributed by atoms with Crippen molar-refractivity contribution in [2.24, 2.45) is 5.92 Å². The molecule has 2 atom stereocenters. The zero-order chi connectivity index (χ0) is 20.4. The molecule has 2 aromatic rings. The first-order valence-electron chi connectivity index (χ1n) is 9.17. The van der Waals surface area contributed by atoms with Crippen LogP contribution >= 0.6 is 11.8 Å². The van der Waals surface area contributed by atoms with Crippen molar-refractivity contribution >= 4 is 29.3 Å². The molecular weight excluding hydrogens is 372 g/mol. The highest BCUT2D eigenvalue weighted by atomic mass is 32.2. The van der Waals surface area contributed by atoms with Gasteiger partial charge in [0, 0.05) is 4.90 Å². The van der Waals surface area contributed by atoms with Gasteiger partial charge in [0.05, 0.1) is 23.4 Å². The van der Waals surface area contributed by atoms with Gasteiger partial charge < -0.3 is 10.1 Å². The number of ether oxygens (including phenoxy) is 1. The van der Waals surface area contributed by atoms with Crippen molar-refractivity contribution in [3.8, 4) is 6.07 Å². The number of benzene rings is 2. The van der Waals surface area contributed by atoms with E-state index in [1.165, 1.54) is 11.8 Å². The Hall–Kier alpha value is -2.78. The summed E-state index contributed by atoms with van der Waals surface area (Å²) in [6.07, 6.45) is 0.824. The summed E-state index contributed by atoms with van der Waals surface area (Å²) >= 11 is 1.34. The van der Waals surface area contributed by atoms with Crippen LogP contribution < -0.4 is 5.32 Å². The van der Waals surface area contributed by atoms with Gasteiger partial charge in [0.25, 0.3) is 5.91 Å². The Morgan fingerprint density at radius 1 is 1.14 bits per heavy atom. The molecule has 0 aliphatic heterocycles. The minimum Gasteiger partial charge on any atom is -0.455 e. The molecule has 0 aliphatic carbocycles. The van der Waals surface area contributed by atoms with Crippen molar-refractivity contribution in [3.05, 3.63) is 60.2 Å². The molecular formula is C22H24N2O3S. The van der Waals surface area contributed by atoms with Crippen LogP contribution in [0.3, 0.4) is 0 Å². The summed E-state index contributed by atoms with van der Waals surface area (Å²) in [4.78, 5) is 25.7. The van der Waals surface area contributed by atoms with E-state index in [2.05, 4.69) is 11.4 Å². The Bertz CT molecular complexity index is 833. The Balaban J connectivity index is 1.99. The number of para-hydroxylation sites is 1. The molecule has 6 heteroatoms. The molecule has 0 bridgehead atoms. The third-order valence-electron chi connectivity index (χ3n) is 4.42. The summed E-state index contributed by atoms with van der Waals surface area (Å²) in [6, 6.07) is 18.8. The average molecular weight is 397 g/mol. The summed E-state index contributed by atoms with van der Waals surface area (Å²) in [6.45, 7) is 3.67. The Morgan fingerprint density at radius 2 is 1.82 bits per heavy atom. The summed E-state index contributed by atoms with van der Waals surface area (Å²) in [5, 5.41) is 11.5. The number of nitrogens with zero attached hydrogens (tertiary/aromatic N) is 1. The number of hydrogen-bond donors (Lipinski definition) is 1. The molecule has 28 heavy (non-hydrogen) atoms. The third kappa shape index (κ3) is 6.14. The highest BCUT2D eigenvalue weighted by molar-refractivity contribution is 7.99. The fourth-order valence-electron chi connectivity index (χ4n) is 2.81. The van der Waals surface area contributed by atoms with Gasteiger partial charge in [-0.25, -0.2) is 0 Å². The highest BCUT2D eigenvalue weighted by Gasteiger charge is 2.27. The maximum atomic E-state index is 12.7.